The van der Waals surface area contributed by atoms with Crippen LogP contribution in [0.2, 0.25) is 0 Å². The lowest BCUT2D eigenvalue weighted by molar-refractivity contribution is -0.111. The summed E-state index contributed by atoms with van der Waals surface area (Å²) in [4.78, 5) is 28.4. The van der Waals surface area contributed by atoms with Gasteiger partial charge in [-0.05, 0) is 68.4 Å². The first-order chi connectivity index (χ1) is 15.4. The molecule has 1 aliphatic carbocycles. The fourth-order valence-corrected chi connectivity index (χ4v) is 6.15. The summed E-state index contributed by atoms with van der Waals surface area (Å²) in [5.41, 5.74) is 1.67. The zero-order chi connectivity index (χ0) is 22.7. The third-order valence-corrected chi connectivity index (χ3v) is 8.37. The summed E-state index contributed by atoms with van der Waals surface area (Å²) in [5.74, 6) is 0.132. The normalized spacial score (nSPS) is 22.0. The first kappa shape index (κ1) is 22.5. The van der Waals surface area contributed by atoms with E-state index in [9.17, 15) is 18.0 Å². The molecule has 32 heavy (non-hydrogen) atoms. The van der Waals surface area contributed by atoms with Crippen LogP contribution in [-0.4, -0.2) is 67.2 Å². The number of piperidine rings is 1. The average molecular weight is 459 g/mol. The standard InChI is InChI=1S/C23H30N4O4S/c1-2-22(28)24-19-9-11-20(12-10-19)32(30,31)26-16-14-25(15-17-26)23(29)27-13-5-7-18-6-3-4-8-21(18)27/h2,8-12,18H,1,3-7,13-17H2,(H,24,28). The van der Waals surface area contributed by atoms with Crippen molar-refractivity contribution in [3.8, 4) is 0 Å². The van der Waals surface area contributed by atoms with Crippen LogP contribution in [0.4, 0.5) is 10.5 Å². The van der Waals surface area contributed by atoms with E-state index in [-0.39, 0.29) is 29.9 Å². The molecule has 1 aromatic rings. The van der Waals surface area contributed by atoms with Crippen molar-refractivity contribution in [3.63, 3.8) is 0 Å². The fourth-order valence-electron chi connectivity index (χ4n) is 4.73. The van der Waals surface area contributed by atoms with E-state index in [1.165, 1.54) is 28.6 Å². The van der Waals surface area contributed by atoms with Gasteiger partial charge in [-0.15, -0.1) is 0 Å². The minimum atomic E-state index is -3.67. The highest BCUT2D eigenvalue weighted by Gasteiger charge is 2.35. The topological polar surface area (TPSA) is 90.0 Å². The van der Waals surface area contributed by atoms with E-state index >= 15 is 0 Å². The van der Waals surface area contributed by atoms with Crippen molar-refractivity contribution >= 4 is 27.6 Å². The SMILES string of the molecule is C=CC(=O)Nc1ccc(S(=O)(=O)N2CCN(C(=O)N3CCCC4CCCC=C43)CC2)cc1. The number of likely N-dealkylation sites (tertiary alicyclic amines) is 1. The number of nitrogens with one attached hydrogen (secondary N) is 1. The number of amides is 3. The van der Waals surface area contributed by atoms with Gasteiger partial charge in [0.05, 0.1) is 4.90 Å². The van der Waals surface area contributed by atoms with Crippen molar-refractivity contribution < 1.29 is 18.0 Å². The fraction of sp³-hybridized carbons (Fsp3) is 0.478. The molecule has 2 aliphatic heterocycles. The van der Waals surface area contributed by atoms with Crippen LogP contribution in [0.3, 0.4) is 0 Å². The van der Waals surface area contributed by atoms with Crippen molar-refractivity contribution in [1.29, 1.82) is 0 Å². The molecule has 1 aromatic carbocycles. The van der Waals surface area contributed by atoms with Gasteiger partial charge < -0.3 is 10.2 Å². The molecule has 3 aliphatic rings. The van der Waals surface area contributed by atoms with Gasteiger partial charge in [0.15, 0.2) is 0 Å². The second-order valence-corrected chi connectivity index (χ2v) is 10.4. The first-order valence-electron chi connectivity index (χ1n) is 11.2. The zero-order valence-electron chi connectivity index (χ0n) is 18.2. The molecule has 3 amide bonds. The molecule has 0 saturated carbocycles. The molecule has 1 N–H and O–H groups in total. The summed E-state index contributed by atoms with van der Waals surface area (Å²) < 4.78 is 27.5. The summed E-state index contributed by atoms with van der Waals surface area (Å²) in [6, 6.07) is 6.07. The van der Waals surface area contributed by atoms with E-state index in [0.29, 0.717) is 24.7 Å². The van der Waals surface area contributed by atoms with Crippen LogP contribution in [0.25, 0.3) is 0 Å². The van der Waals surface area contributed by atoms with Gasteiger partial charge in [0.1, 0.15) is 0 Å². The predicted octanol–water partition coefficient (Wildman–Crippen LogP) is 3.02. The van der Waals surface area contributed by atoms with Gasteiger partial charge in [-0.2, -0.15) is 4.31 Å². The van der Waals surface area contributed by atoms with E-state index in [2.05, 4.69) is 18.0 Å². The molecule has 2 heterocycles. The number of benzene rings is 1. The smallest absolute Gasteiger partial charge is 0.323 e. The Morgan fingerprint density at radius 2 is 1.69 bits per heavy atom. The number of allylic oxidation sites excluding steroid dienone is 2. The molecule has 172 valence electrons. The molecule has 0 spiro atoms. The molecular weight excluding hydrogens is 428 g/mol. The minimum absolute atomic E-state index is 0.00205. The largest absolute Gasteiger partial charge is 0.324 e. The van der Waals surface area contributed by atoms with Crippen LogP contribution in [0.15, 0.2) is 53.6 Å². The quantitative estimate of drug-likeness (QED) is 0.703. The van der Waals surface area contributed by atoms with E-state index < -0.39 is 10.0 Å². The van der Waals surface area contributed by atoms with Crippen LogP contribution >= 0.6 is 0 Å². The maximum atomic E-state index is 13.2. The first-order valence-corrected chi connectivity index (χ1v) is 12.6. The predicted molar refractivity (Wildman–Crippen MR) is 122 cm³/mol. The second kappa shape index (κ2) is 9.46. The van der Waals surface area contributed by atoms with Gasteiger partial charge >= 0.3 is 6.03 Å². The number of hydrogen-bond acceptors (Lipinski definition) is 4. The average Bonchev–Trinajstić information content (AvgIpc) is 2.83. The Morgan fingerprint density at radius 3 is 2.38 bits per heavy atom. The van der Waals surface area contributed by atoms with Crippen LogP contribution in [0.1, 0.15) is 32.1 Å². The van der Waals surface area contributed by atoms with Gasteiger partial charge in [-0.1, -0.05) is 12.7 Å². The lowest BCUT2D eigenvalue weighted by Crippen LogP contribution is -2.54. The van der Waals surface area contributed by atoms with Gasteiger partial charge in [-0.25, -0.2) is 13.2 Å². The Kier molecular flexibility index (Phi) is 6.66. The number of sulfonamides is 1. The number of carbonyl (C=O) groups is 2. The second-order valence-electron chi connectivity index (χ2n) is 8.44. The Morgan fingerprint density at radius 1 is 1.00 bits per heavy atom. The Hall–Kier alpha value is -2.65. The molecule has 1 atom stereocenters. The number of rotatable bonds is 4. The van der Waals surface area contributed by atoms with Gasteiger partial charge in [0.25, 0.3) is 0 Å². The number of anilines is 1. The third-order valence-electron chi connectivity index (χ3n) is 6.46. The number of urea groups is 1. The van der Waals surface area contributed by atoms with Crippen LogP contribution in [-0.2, 0) is 14.8 Å². The van der Waals surface area contributed by atoms with Crippen molar-refractivity contribution in [2.45, 2.75) is 37.0 Å². The van der Waals surface area contributed by atoms with E-state index in [0.717, 1.165) is 38.3 Å². The molecule has 0 radical (unpaired) electrons. The van der Waals surface area contributed by atoms with Gasteiger partial charge in [-0.3, -0.25) is 9.69 Å². The van der Waals surface area contributed by atoms with Crippen molar-refractivity contribution in [2.75, 3.05) is 38.0 Å². The maximum absolute atomic E-state index is 13.2. The number of fused-ring (bicyclic) bond motifs is 1. The monoisotopic (exact) mass is 458 g/mol. The molecule has 2 saturated heterocycles. The van der Waals surface area contributed by atoms with Crippen molar-refractivity contribution in [1.82, 2.24) is 14.1 Å². The molecule has 0 bridgehead atoms. The number of carbonyl (C=O) groups excluding carboxylic acids is 2. The highest BCUT2D eigenvalue weighted by atomic mass is 32.2. The third kappa shape index (κ3) is 4.59. The van der Waals surface area contributed by atoms with Crippen molar-refractivity contribution in [2.24, 2.45) is 5.92 Å². The van der Waals surface area contributed by atoms with Crippen LogP contribution in [0.5, 0.6) is 0 Å². The molecule has 4 rings (SSSR count). The lowest BCUT2D eigenvalue weighted by Gasteiger charge is -2.42. The summed E-state index contributed by atoms with van der Waals surface area (Å²) in [5, 5.41) is 2.60. The molecule has 8 nitrogen and oxygen atoms in total. The van der Waals surface area contributed by atoms with E-state index in [1.54, 1.807) is 17.0 Å². The minimum Gasteiger partial charge on any atom is -0.323 e. The van der Waals surface area contributed by atoms with E-state index in [4.69, 9.17) is 0 Å². The highest BCUT2D eigenvalue weighted by Crippen LogP contribution is 2.35. The Balaban J connectivity index is 1.38. The van der Waals surface area contributed by atoms with Gasteiger partial charge in [0, 0.05) is 44.1 Å². The molecule has 0 aromatic heterocycles. The lowest BCUT2D eigenvalue weighted by atomic mass is 9.85. The van der Waals surface area contributed by atoms with Crippen molar-refractivity contribution in [3.05, 3.63) is 48.7 Å². The summed E-state index contributed by atoms with van der Waals surface area (Å²) in [6.45, 7) is 5.42. The van der Waals surface area contributed by atoms with Crippen LogP contribution < -0.4 is 5.32 Å². The molecular formula is C23H30N4O4S. The highest BCUT2D eigenvalue weighted by molar-refractivity contribution is 7.89. The summed E-state index contributed by atoms with van der Waals surface area (Å²) in [7, 11) is -3.67. The van der Waals surface area contributed by atoms with Gasteiger partial charge in [0.2, 0.25) is 15.9 Å². The molecule has 2 fully saturated rings. The summed E-state index contributed by atoms with van der Waals surface area (Å²) >= 11 is 0. The van der Waals surface area contributed by atoms with E-state index in [1.807, 2.05) is 4.90 Å². The number of hydrogen-bond donors (Lipinski definition) is 1. The zero-order valence-corrected chi connectivity index (χ0v) is 19.0. The molecule has 1 unspecified atom stereocenters. The summed E-state index contributed by atoms with van der Waals surface area (Å²) in [6.07, 6.45) is 8.90. The maximum Gasteiger partial charge on any atom is 0.324 e. The number of piperazine rings is 1. The number of nitrogens with zero attached hydrogens (tertiary/aromatic N) is 3. The van der Waals surface area contributed by atoms with Crippen LogP contribution in [0, 0.1) is 5.92 Å². The molecule has 9 heteroatoms. The Labute approximate surface area is 189 Å². The Bertz CT molecular complexity index is 1010.